The van der Waals surface area contributed by atoms with Crippen molar-refractivity contribution >= 4 is 23.5 Å². The number of carbonyl (C=O) groups is 1. The minimum absolute atomic E-state index is 0.0637. The molecule has 0 aromatic carbocycles. The standard InChI is InChI=1S/C12H14N2OS/c1-2-12(15)14(10-6-8-16-9-10)11-5-3-4-7-13-11/h2-5,7,10H,1,6,8-9H2. The number of aromatic nitrogens is 1. The van der Waals surface area contributed by atoms with Gasteiger partial charge in [-0.3, -0.25) is 9.69 Å². The van der Waals surface area contributed by atoms with Crippen LogP contribution in [0.5, 0.6) is 0 Å². The number of anilines is 1. The molecule has 1 aliphatic rings. The van der Waals surface area contributed by atoms with Gasteiger partial charge >= 0.3 is 0 Å². The Kier molecular flexibility index (Phi) is 3.62. The molecule has 0 aliphatic carbocycles. The van der Waals surface area contributed by atoms with Crippen molar-refractivity contribution in [2.45, 2.75) is 12.5 Å². The maximum Gasteiger partial charge on any atom is 0.251 e. The summed E-state index contributed by atoms with van der Waals surface area (Å²) < 4.78 is 0. The van der Waals surface area contributed by atoms with Crippen LogP contribution in [-0.2, 0) is 4.79 Å². The molecule has 2 rings (SSSR count). The van der Waals surface area contributed by atoms with E-state index in [4.69, 9.17) is 0 Å². The molecule has 0 saturated carbocycles. The van der Waals surface area contributed by atoms with Gasteiger partial charge in [0.05, 0.1) is 0 Å². The second kappa shape index (κ2) is 5.16. The van der Waals surface area contributed by atoms with Gasteiger partial charge in [-0.1, -0.05) is 12.6 Å². The van der Waals surface area contributed by atoms with Gasteiger partial charge in [0, 0.05) is 18.0 Å². The lowest BCUT2D eigenvalue weighted by molar-refractivity contribution is -0.114. The second-order valence-electron chi connectivity index (χ2n) is 3.62. The zero-order valence-corrected chi connectivity index (χ0v) is 9.82. The van der Waals surface area contributed by atoms with E-state index < -0.39 is 0 Å². The van der Waals surface area contributed by atoms with Gasteiger partial charge in [-0.15, -0.1) is 0 Å². The van der Waals surface area contributed by atoms with Crippen LogP contribution in [0.1, 0.15) is 6.42 Å². The normalized spacial score (nSPS) is 19.4. The highest BCUT2D eigenvalue weighted by molar-refractivity contribution is 7.99. The van der Waals surface area contributed by atoms with Crippen LogP contribution in [0.4, 0.5) is 5.82 Å². The molecule has 1 amide bonds. The summed E-state index contributed by atoms with van der Waals surface area (Å²) in [6.07, 6.45) is 4.10. The minimum Gasteiger partial charge on any atom is -0.289 e. The molecule has 1 aliphatic heterocycles. The van der Waals surface area contributed by atoms with Crippen molar-refractivity contribution in [1.82, 2.24) is 4.98 Å². The van der Waals surface area contributed by atoms with Crippen LogP contribution in [-0.4, -0.2) is 28.4 Å². The number of hydrogen-bond acceptors (Lipinski definition) is 3. The monoisotopic (exact) mass is 234 g/mol. The highest BCUT2D eigenvalue weighted by Gasteiger charge is 2.27. The maximum absolute atomic E-state index is 11.9. The summed E-state index contributed by atoms with van der Waals surface area (Å²) in [5, 5.41) is 0. The highest BCUT2D eigenvalue weighted by atomic mass is 32.2. The lowest BCUT2D eigenvalue weighted by atomic mass is 10.2. The van der Waals surface area contributed by atoms with Crippen molar-refractivity contribution in [2.24, 2.45) is 0 Å². The molecule has 0 N–H and O–H groups in total. The van der Waals surface area contributed by atoms with E-state index in [9.17, 15) is 4.79 Å². The number of nitrogens with zero attached hydrogens (tertiary/aromatic N) is 2. The SMILES string of the molecule is C=CC(=O)N(c1ccccn1)C1CCSC1. The van der Waals surface area contributed by atoms with E-state index in [-0.39, 0.29) is 11.9 Å². The molecule has 3 nitrogen and oxygen atoms in total. The molecule has 1 fully saturated rings. The van der Waals surface area contributed by atoms with Crippen molar-refractivity contribution in [3.63, 3.8) is 0 Å². The quantitative estimate of drug-likeness (QED) is 0.751. The number of carbonyl (C=O) groups excluding carboxylic acids is 1. The van der Waals surface area contributed by atoms with E-state index in [1.165, 1.54) is 6.08 Å². The van der Waals surface area contributed by atoms with Crippen LogP contribution < -0.4 is 4.90 Å². The van der Waals surface area contributed by atoms with Crippen LogP contribution >= 0.6 is 11.8 Å². The molecule has 0 spiro atoms. The van der Waals surface area contributed by atoms with E-state index >= 15 is 0 Å². The summed E-state index contributed by atoms with van der Waals surface area (Å²) >= 11 is 1.88. The molecule has 4 heteroatoms. The summed E-state index contributed by atoms with van der Waals surface area (Å²) in [7, 11) is 0. The molecule has 16 heavy (non-hydrogen) atoms. The number of hydrogen-bond donors (Lipinski definition) is 0. The Labute approximate surface area is 99.6 Å². The number of pyridine rings is 1. The fourth-order valence-corrected chi connectivity index (χ4v) is 2.99. The zero-order chi connectivity index (χ0) is 11.4. The van der Waals surface area contributed by atoms with Gasteiger partial charge in [-0.2, -0.15) is 11.8 Å². The average Bonchev–Trinajstić information content (AvgIpc) is 2.84. The molecule has 1 unspecified atom stereocenters. The fraction of sp³-hybridized carbons (Fsp3) is 0.333. The molecular weight excluding hydrogens is 220 g/mol. The Morgan fingerprint density at radius 2 is 2.50 bits per heavy atom. The predicted octanol–water partition coefficient (Wildman–Crippen LogP) is 2.11. The summed E-state index contributed by atoms with van der Waals surface area (Å²) in [5.41, 5.74) is 0. The average molecular weight is 234 g/mol. The van der Waals surface area contributed by atoms with E-state index in [1.54, 1.807) is 11.1 Å². The third kappa shape index (κ3) is 2.27. The number of rotatable bonds is 3. The van der Waals surface area contributed by atoms with Gasteiger partial charge in [0.2, 0.25) is 0 Å². The molecule has 1 atom stereocenters. The van der Waals surface area contributed by atoms with Gasteiger partial charge in [0.25, 0.3) is 5.91 Å². The van der Waals surface area contributed by atoms with Crippen molar-refractivity contribution in [2.75, 3.05) is 16.4 Å². The number of amides is 1. The van der Waals surface area contributed by atoms with E-state index in [1.807, 2.05) is 30.0 Å². The number of thioether (sulfide) groups is 1. The van der Waals surface area contributed by atoms with Crippen LogP contribution in [0, 0.1) is 0 Å². The van der Waals surface area contributed by atoms with Crippen LogP contribution in [0.25, 0.3) is 0 Å². The van der Waals surface area contributed by atoms with Gasteiger partial charge < -0.3 is 0 Å². The van der Waals surface area contributed by atoms with Crippen LogP contribution in [0.15, 0.2) is 37.1 Å². The first-order valence-corrected chi connectivity index (χ1v) is 6.43. The Balaban J connectivity index is 2.27. The van der Waals surface area contributed by atoms with E-state index in [0.717, 1.165) is 23.7 Å². The van der Waals surface area contributed by atoms with Crippen LogP contribution in [0.2, 0.25) is 0 Å². The Morgan fingerprint density at radius 1 is 1.62 bits per heavy atom. The predicted molar refractivity (Wildman–Crippen MR) is 67.7 cm³/mol. The summed E-state index contributed by atoms with van der Waals surface area (Å²) in [4.78, 5) is 17.9. The second-order valence-corrected chi connectivity index (χ2v) is 4.77. The highest BCUT2D eigenvalue weighted by Crippen LogP contribution is 2.26. The van der Waals surface area contributed by atoms with Crippen molar-refractivity contribution < 1.29 is 4.79 Å². The van der Waals surface area contributed by atoms with Gasteiger partial charge in [0.1, 0.15) is 5.82 Å². The molecule has 2 heterocycles. The Morgan fingerprint density at radius 3 is 3.06 bits per heavy atom. The summed E-state index contributed by atoms with van der Waals surface area (Å²) in [5.74, 6) is 2.75. The first-order valence-electron chi connectivity index (χ1n) is 5.27. The van der Waals surface area contributed by atoms with Crippen molar-refractivity contribution in [1.29, 1.82) is 0 Å². The maximum atomic E-state index is 11.9. The van der Waals surface area contributed by atoms with Crippen molar-refractivity contribution in [3.8, 4) is 0 Å². The Bertz CT molecular complexity index is 374. The van der Waals surface area contributed by atoms with Crippen LogP contribution in [0.3, 0.4) is 0 Å². The minimum atomic E-state index is -0.0637. The lowest BCUT2D eigenvalue weighted by Gasteiger charge is -2.26. The third-order valence-electron chi connectivity index (χ3n) is 2.58. The van der Waals surface area contributed by atoms with Gasteiger partial charge in [-0.05, 0) is 30.4 Å². The molecule has 1 saturated heterocycles. The molecule has 1 aromatic rings. The summed E-state index contributed by atoms with van der Waals surface area (Å²) in [6.45, 7) is 3.55. The smallest absolute Gasteiger partial charge is 0.251 e. The molecular formula is C12H14N2OS. The first kappa shape index (κ1) is 11.2. The zero-order valence-electron chi connectivity index (χ0n) is 9.00. The van der Waals surface area contributed by atoms with E-state index in [2.05, 4.69) is 11.6 Å². The summed E-state index contributed by atoms with van der Waals surface area (Å²) in [6, 6.07) is 5.87. The molecule has 1 aromatic heterocycles. The van der Waals surface area contributed by atoms with Crippen molar-refractivity contribution in [3.05, 3.63) is 37.1 Å². The van der Waals surface area contributed by atoms with Gasteiger partial charge in [-0.25, -0.2) is 4.98 Å². The third-order valence-corrected chi connectivity index (χ3v) is 3.72. The largest absolute Gasteiger partial charge is 0.289 e. The molecule has 84 valence electrons. The Hall–Kier alpha value is -1.29. The fourth-order valence-electron chi connectivity index (χ4n) is 1.80. The molecule has 0 radical (unpaired) electrons. The van der Waals surface area contributed by atoms with E-state index in [0.29, 0.717) is 0 Å². The van der Waals surface area contributed by atoms with Gasteiger partial charge in [0.15, 0.2) is 0 Å². The molecule has 0 bridgehead atoms. The first-order chi connectivity index (χ1) is 7.83. The lowest BCUT2D eigenvalue weighted by Crippen LogP contribution is -2.40. The topological polar surface area (TPSA) is 33.2 Å².